The highest BCUT2D eigenvalue weighted by Gasteiger charge is 2.41. The van der Waals surface area contributed by atoms with E-state index in [2.05, 4.69) is 165 Å². The summed E-state index contributed by atoms with van der Waals surface area (Å²) in [6.45, 7) is 7.05. The summed E-state index contributed by atoms with van der Waals surface area (Å²) in [7, 11) is 0. The molecule has 0 aliphatic heterocycles. The summed E-state index contributed by atoms with van der Waals surface area (Å²) in [6, 6.07) is 49.0. The zero-order valence-electron chi connectivity index (χ0n) is 25.2. The number of hydrogen-bond donors (Lipinski definition) is 0. The van der Waals surface area contributed by atoms with Crippen molar-refractivity contribution >= 4 is 10.9 Å². The molecule has 9 rings (SSSR count). The first-order valence-electron chi connectivity index (χ1n) is 15.5. The monoisotopic (exact) mass is 564 g/mol. The number of aromatic nitrogens is 2. The van der Waals surface area contributed by atoms with Crippen LogP contribution in [0.5, 0.6) is 0 Å². The van der Waals surface area contributed by atoms with E-state index in [9.17, 15) is 0 Å². The Morgan fingerprint density at radius 3 is 2.00 bits per heavy atom. The van der Waals surface area contributed by atoms with Crippen LogP contribution >= 0.6 is 0 Å². The van der Waals surface area contributed by atoms with Gasteiger partial charge in [0.1, 0.15) is 0 Å². The molecule has 1 heterocycles. The zero-order valence-corrected chi connectivity index (χ0v) is 25.2. The van der Waals surface area contributed by atoms with E-state index in [-0.39, 0.29) is 10.8 Å². The van der Waals surface area contributed by atoms with Gasteiger partial charge in [-0.15, -0.1) is 0 Å². The predicted molar refractivity (Wildman–Crippen MR) is 182 cm³/mol. The second kappa shape index (κ2) is 8.90. The van der Waals surface area contributed by atoms with Gasteiger partial charge < -0.3 is 0 Å². The van der Waals surface area contributed by atoms with Crippen LogP contribution < -0.4 is 0 Å². The molecule has 0 bridgehead atoms. The summed E-state index contributed by atoms with van der Waals surface area (Å²) in [5.41, 5.74) is 16.4. The number of nitrogens with zero attached hydrogens (tertiary/aromatic N) is 2. The van der Waals surface area contributed by atoms with Crippen LogP contribution in [0.1, 0.15) is 48.6 Å². The Bertz CT molecular complexity index is 2270. The van der Waals surface area contributed by atoms with E-state index >= 15 is 0 Å². The van der Waals surface area contributed by atoms with E-state index in [1.54, 1.807) is 0 Å². The van der Waals surface area contributed by atoms with Crippen molar-refractivity contribution in [2.75, 3.05) is 0 Å². The average Bonchev–Trinajstić information content (AvgIpc) is 3.69. The third kappa shape index (κ3) is 3.28. The van der Waals surface area contributed by atoms with Crippen molar-refractivity contribution in [3.05, 3.63) is 167 Å². The van der Waals surface area contributed by atoms with E-state index in [1.165, 1.54) is 66.6 Å². The number of rotatable bonds is 3. The fraction of sp³-hybridized carbons (Fsp3) is 0.119. The number of benzene rings is 6. The van der Waals surface area contributed by atoms with Crippen LogP contribution in [0.25, 0.3) is 50.0 Å². The van der Waals surface area contributed by atoms with Crippen molar-refractivity contribution < 1.29 is 0 Å². The van der Waals surface area contributed by atoms with Gasteiger partial charge in [0, 0.05) is 16.2 Å². The van der Waals surface area contributed by atoms with Crippen molar-refractivity contribution in [3.63, 3.8) is 0 Å². The molecule has 2 aliphatic rings. The standard InChI is InChI=1S/C42H32N2/c1-41(2)36-18-9-7-17-32(36)34-22-23-39-35(40(34)41)26-43-44(39)30-15-11-12-27(24-30)28-20-21-33-31-16-8-10-19-37(31)42(3,38(33)25-28)29-13-5-4-6-14-29/h4-26H,1-3H3. The summed E-state index contributed by atoms with van der Waals surface area (Å²) in [5.74, 6) is 0. The minimum atomic E-state index is -0.219. The highest BCUT2D eigenvalue weighted by atomic mass is 15.3. The maximum atomic E-state index is 4.97. The first-order valence-corrected chi connectivity index (χ1v) is 15.5. The lowest BCUT2D eigenvalue weighted by Gasteiger charge is -2.28. The van der Waals surface area contributed by atoms with Crippen LogP contribution in [-0.2, 0) is 10.8 Å². The molecule has 1 aromatic heterocycles. The molecule has 2 aliphatic carbocycles. The maximum Gasteiger partial charge on any atom is 0.0744 e. The van der Waals surface area contributed by atoms with Crippen molar-refractivity contribution in [3.8, 4) is 39.1 Å². The highest BCUT2D eigenvalue weighted by molar-refractivity contribution is 5.96. The second-order valence-corrected chi connectivity index (χ2v) is 13.0. The SMILES string of the molecule is CC1(C)c2ccccc2-c2ccc3c(cnn3-c3cccc(-c4ccc5c(c4)C(C)(c4ccccc4)c4ccccc4-5)c3)c21. The molecular formula is C42H32N2. The van der Waals surface area contributed by atoms with Crippen LogP contribution in [0.4, 0.5) is 0 Å². The van der Waals surface area contributed by atoms with E-state index in [4.69, 9.17) is 5.10 Å². The van der Waals surface area contributed by atoms with Crippen molar-refractivity contribution in [1.29, 1.82) is 0 Å². The Labute approximate surface area is 258 Å². The Morgan fingerprint density at radius 1 is 0.523 bits per heavy atom. The van der Waals surface area contributed by atoms with Gasteiger partial charge in [0.15, 0.2) is 0 Å². The zero-order chi connectivity index (χ0) is 29.6. The van der Waals surface area contributed by atoms with Crippen LogP contribution in [0.15, 0.2) is 140 Å². The van der Waals surface area contributed by atoms with Gasteiger partial charge in [-0.1, -0.05) is 123 Å². The molecule has 1 atom stereocenters. The molecule has 0 amide bonds. The molecular weight excluding hydrogens is 532 g/mol. The second-order valence-electron chi connectivity index (χ2n) is 13.0. The van der Waals surface area contributed by atoms with Gasteiger partial charge >= 0.3 is 0 Å². The predicted octanol–water partition coefficient (Wildman–Crippen LogP) is 10.3. The normalized spacial score (nSPS) is 17.2. The van der Waals surface area contributed by atoms with E-state index < -0.39 is 0 Å². The van der Waals surface area contributed by atoms with E-state index in [0.717, 1.165) is 11.2 Å². The van der Waals surface area contributed by atoms with E-state index in [0.29, 0.717) is 0 Å². The fourth-order valence-electron chi connectivity index (χ4n) is 8.17. The first kappa shape index (κ1) is 25.3. The summed E-state index contributed by atoms with van der Waals surface area (Å²) in [5, 5.41) is 6.20. The molecule has 1 unspecified atom stereocenters. The third-order valence-corrected chi connectivity index (χ3v) is 10.4. The van der Waals surface area contributed by atoms with Crippen LogP contribution in [0.3, 0.4) is 0 Å². The molecule has 0 fully saturated rings. The molecule has 0 saturated carbocycles. The summed E-state index contributed by atoms with van der Waals surface area (Å²) >= 11 is 0. The lowest BCUT2D eigenvalue weighted by molar-refractivity contribution is 0.666. The van der Waals surface area contributed by atoms with Gasteiger partial charge in [-0.25, -0.2) is 4.68 Å². The Hall–Kier alpha value is -5.21. The third-order valence-electron chi connectivity index (χ3n) is 10.4. The van der Waals surface area contributed by atoms with Gasteiger partial charge in [0.25, 0.3) is 0 Å². The fourth-order valence-corrected chi connectivity index (χ4v) is 8.17. The maximum absolute atomic E-state index is 4.97. The van der Waals surface area contributed by atoms with Gasteiger partial charge in [0.2, 0.25) is 0 Å². The van der Waals surface area contributed by atoms with E-state index in [1.807, 2.05) is 0 Å². The van der Waals surface area contributed by atoms with Gasteiger partial charge in [-0.2, -0.15) is 5.10 Å². The Kier molecular flexibility index (Phi) is 5.12. The molecule has 0 radical (unpaired) electrons. The number of hydrogen-bond acceptors (Lipinski definition) is 1. The minimum Gasteiger partial charge on any atom is -0.233 e. The van der Waals surface area contributed by atoms with Crippen molar-refractivity contribution in [2.45, 2.75) is 31.6 Å². The largest absolute Gasteiger partial charge is 0.233 e. The molecule has 0 saturated heterocycles. The molecule has 2 nitrogen and oxygen atoms in total. The van der Waals surface area contributed by atoms with Crippen LogP contribution in [-0.4, -0.2) is 9.78 Å². The smallest absolute Gasteiger partial charge is 0.0744 e. The van der Waals surface area contributed by atoms with Gasteiger partial charge in [-0.3, -0.25) is 0 Å². The van der Waals surface area contributed by atoms with Crippen molar-refractivity contribution in [1.82, 2.24) is 9.78 Å². The lowest BCUT2D eigenvalue weighted by atomic mass is 9.74. The molecule has 210 valence electrons. The summed E-state index contributed by atoms with van der Waals surface area (Å²) in [4.78, 5) is 0. The van der Waals surface area contributed by atoms with Gasteiger partial charge in [0.05, 0.1) is 17.4 Å². The summed E-state index contributed by atoms with van der Waals surface area (Å²) in [6.07, 6.45) is 2.06. The topological polar surface area (TPSA) is 17.8 Å². The first-order chi connectivity index (χ1) is 21.5. The Balaban J connectivity index is 1.17. The average molecular weight is 565 g/mol. The summed E-state index contributed by atoms with van der Waals surface area (Å²) < 4.78 is 2.11. The van der Waals surface area contributed by atoms with Crippen LogP contribution in [0.2, 0.25) is 0 Å². The quantitative estimate of drug-likeness (QED) is 0.209. The molecule has 44 heavy (non-hydrogen) atoms. The number of fused-ring (bicyclic) bond motifs is 8. The molecule has 7 aromatic rings. The van der Waals surface area contributed by atoms with Gasteiger partial charge in [-0.05, 0) is 92.4 Å². The molecule has 0 spiro atoms. The lowest BCUT2D eigenvalue weighted by Crippen LogP contribution is -2.22. The minimum absolute atomic E-state index is 0.0749. The highest BCUT2D eigenvalue weighted by Crippen LogP contribution is 2.53. The molecule has 0 N–H and O–H groups in total. The Morgan fingerprint density at radius 2 is 1.18 bits per heavy atom. The van der Waals surface area contributed by atoms with Crippen LogP contribution in [0, 0.1) is 0 Å². The molecule has 6 aromatic carbocycles. The molecule has 2 heteroatoms. The van der Waals surface area contributed by atoms with Crippen molar-refractivity contribution in [2.24, 2.45) is 0 Å².